The van der Waals surface area contributed by atoms with Crippen molar-refractivity contribution in [1.82, 2.24) is 4.90 Å². The van der Waals surface area contributed by atoms with Gasteiger partial charge in [0.15, 0.2) is 0 Å². The molecule has 1 aliphatic rings. The molecule has 3 aromatic rings. The lowest BCUT2D eigenvalue weighted by Gasteiger charge is -2.31. The van der Waals surface area contributed by atoms with Crippen LogP contribution in [0.1, 0.15) is 22.3 Å². The zero-order chi connectivity index (χ0) is 22.2. The number of sulfonamides is 1. The summed E-state index contributed by atoms with van der Waals surface area (Å²) in [5.41, 5.74) is 1.54. The van der Waals surface area contributed by atoms with Crippen LogP contribution in [0.3, 0.4) is 0 Å². The first-order chi connectivity index (χ1) is 14.8. The number of rotatable bonds is 5. The molecule has 3 aromatic carbocycles. The third kappa shape index (κ3) is 4.11. The van der Waals surface area contributed by atoms with Gasteiger partial charge in [-0.1, -0.05) is 36.4 Å². The van der Waals surface area contributed by atoms with Crippen LogP contribution in [0.25, 0.3) is 11.1 Å². The summed E-state index contributed by atoms with van der Waals surface area (Å²) >= 11 is 0. The predicted molar refractivity (Wildman–Crippen MR) is 116 cm³/mol. The van der Waals surface area contributed by atoms with Gasteiger partial charge >= 0.3 is 0 Å². The summed E-state index contributed by atoms with van der Waals surface area (Å²) in [5.74, 6) is -1.54. The van der Waals surface area contributed by atoms with Crippen LogP contribution in [0.15, 0.2) is 65.6 Å². The molecule has 0 radical (unpaired) electrons. The minimum Gasteiger partial charge on any atom is -0.506 e. The summed E-state index contributed by atoms with van der Waals surface area (Å²) in [7, 11) is -4.35. The van der Waals surface area contributed by atoms with Gasteiger partial charge in [-0.05, 0) is 54.3 Å². The Morgan fingerprint density at radius 1 is 1.03 bits per heavy atom. The molecule has 0 atom stereocenters. The number of halogens is 1. The molecule has 4 rings (SSSR count). The highest BCUT2D eigenvalue weighted by Crippen LogP contribution is 2.32. The minimum absolute atomic E-state index is 0.162. The standard InChI is InChI=1S/C23H21FN2O4S/c1-15-12-18(23(28)26-10-5-11-26)14-21(22(15)27)31(29,30)25-20-9-8-17(13-19(20)24)16-6-3-2-4-7-16/h2-4,6-9,12-14,25,27H,5,10-11H2,1H3. The molecule has 160 valence electrons. The van der Waals surface area contributed by atoms with Crippen LogP contribution >= 0.6 is 0 Å². The predicted octanol–water partition coefficient (Wildman–Crippen LogP) is 4.15. The molecule has 1 aliphatic heterocycles. The molecule has 1 fully saturated rings. The lowest BCUT2D eigenvalue weighted by Crippen LogP contribution is -2.42. The van der Waals surface area contributed by atoms with E-state index in [0.29, 0.717) is 18.7 Å². The minimum atomic E-state index is -4.35. The number of aromatic hydroxyl groups is 1. The van der Waals surface area contributed by atoms with Gasteiger partial charge in [0, 0.05) is 18.7 Å². The monoisotopic (exact) mass is 440 g/mol. The molecule has 2 N–H and O–H groups in total. The number of carbonyl (C=O) groups excluding carboxylic acids is 1. The van der Waals surface area contributed by atoms with Crippen LogP contribution in [0.4, 0.5) is 10.1 Å². The van der Waals surface area contributed by atoms with Gasteiger partial charge in [0.05, 0.1) is 5.69 Å². The number of anilines is 1. The van der Waals surface area contributed by atoms with E-state index in [9.17, 15) is 22.7 Å². The van der Waals surface area contributed by atoms with Gasteiger partial charge in [0.1, 0.15) is 16.5 Å². The molecule has 31 heavy (non-hydrogen) atoms. The van der Waals surface area contributed by atoms with E-state index in [1.54, 1.807) is 11.0 Å². The highest BCUT2D eigenvalue weighted by atomic mass is 32.2. The number of aryl methyl sites for hydroxylation is 1. The molecular weight excluding hydrogens is 419 g/mol. The quantitative estimate of drug-likeness (QED) is 0.624. The van der Waals surface area contributed by atoms with Crippen molar-refractivity contribution in [2.75, 3.05) is 17.8 Å². The molecule has 0 bridgehead atoms. The average molecular weight is 440 g/mol. The Labute approximate surface area is 180 Å². The van der Waals surface area contributed by atoms with Crippen molar-refractivity contribution in [1.29, 1.82) is 0 Å². The maximum Gasteiger partial charge on any atom is 0.265 e. The molecule has 1 amide bonds. The number of hydrogen-bond acceptors (Lipinski definition) is 4. The smallest absolute Gasteiger partial charge is 0.265 e. The number of likely N-dealkylation sites (tertiary alicyclic amines) is 1. The van der Waals surface area contributed by atoms with Crippen LogP contribution in [0.2, 0.25) is 0 Å². The van der Waals surface area contributed by atoms with Gasteiger partial charge in [-0.15, -0.1) is 0 Å². The molecular formula is C23H21FN2O4S. The zero-order valence-electron chi connectivity index (χ0n) is 16.8. The second kappa shape index (κ2) is 8.03. The number of amides is 1. The maximum absolute atomic E-state index is 14.7. The van der Waals surface area contributed by atoms with Crippen molar-refractivity contribution >= 4 is 21.6 Å². The fourth-order valence-electron chi connectivity index (χ4n) is 3.39. The Hall–Kier alpha value is -3.39. The van der Waals surface area contributed by atoms with Crippen LogP contribution < -0.4 is 4.72 Å². The first kappa shape index (κ1) is 20.9. The Bertz CT molecular complexity index is 1260. The van der Waals surface area contributed by atoms with E-state index in [2.05, 4.69) is 4.72 Å². The number of phenols is 1. The largest absolute Gasteiger partial charge is 0.506 e. The summed E-state index contributed by atoms with van der Waals surface area (Å²) in [6.45, 7) is 2.73. The van der Waals surface area contributed by atoms with E-state index in [1.165, 1.54) is 25.1 Å². The number of benzene rings is 3. The second-order valence-electron chi connectivity index (χ2n) is 7.45. The first-order valence-corrected chi connectivity index (χ1v) is 11.3. The van der Waals surface area contributed by atoms with E-state index in [4.69, 9.17) is 0 Å². The third-order valence-electron chi connectivity index (χ3n) is 5.27. The van der Waals surface area contributed by atoms with Crippen LogP contribution in [-0.2, 0) is 10.0 Å². The lowest BCUT2D eigenvalue weighted by atomic mass is 10.1. The summed E-state index contributed by atoms with van der Waals surface area (Å²) in [5, 5.41) is 10.4. The topological polar surface area (TPSA) is 86.7 Å². The zero-order valence-corrected chi connectivity index (χ0v) is 17.6. The first-order valence-electron chi connectivity index (χ1n) is 9.77. The highest BCUT2D eigenvalue weighted by Gasteiger charge is 2.27. The molecule has 0 saturated carbocycles. The van der Waals surface area contributed by atoms with Crippen LogP contribution in [0.5, 0.6) is 5.75 Å². The van der Waals surface area contributed by atoms with E-state index in [1.807, 2.05) is 30.3 Å². The molecule has 1 saturated heterocycles. The summed E-state index contributed by atoms with van der Waals surface area (Å²) in [6, 6.07) is 15.9. The molecule has 8 heteroatoms. The third-order valence-corrected chi connectivity index (χ3v) is 6.64. The highest BCUT2D eigenvalue weighted by molar-refractivity contribution is 7.92. The van der Waals surface area contributed by atoms with Crippen molar-refractivity contribution in [3.8, 4) is 16.9 Å². The second-order valence-corrected chi connectivity index (χ2v) is 9.10. The Morgan fingerprint density at radius 3 is 2.35 bits per heavy atom. The Balaban J connectivity index is 1.66. The molecule has 6 nitrogen and oxygen atoms in total. The van der Waals surface area contributed by atoms with Gasteiger partial charge in [0.25, 0.3) is 15.9 Å². The van der Waals surface area contributed by atoms with Crippen molar-refractivity contribution < 1.29 is 22.7 Å². The van der Waals surface area contributed by atoms with Crippen molar-refractivity contribution in [3.05, 3.63) is 77.6 Å². The van der Waals surface area contributed by atoms with Crippen molar-refractivity contribution in [2.24, 2.45) is 0 Å². The number of carbonyl (C=O) groups is 1. The van der Waals surface area contributed by atoms with Gasteiger partial charge in [-0.3, -0.25) is 9.52 Å². The SMILES string of the molecule is Cc1cc(C(=O)N2CCC2)cc(S(=O)(=O)Nc2ccc(-c3ccccc3)cc2F)c1O. The Morgan fingerprint density at radius 2 is 1.74 bits per heavy atom. The number of phenolic OH excluding ortho intramolecular Hbond substituents is 1. The lowest BCUT2D eigenvalue weighted by molar-refractivity contribution is 0.0651. The van der Waals surface area contributed by atoms with E-state index < -0.39 is 26.5 Å². The number of nitrogens with zero attached hydrogens (tertiary/aromatic N) is 1. The fraction of sp³-hybridized carbons (Fsp3) is 0.174. The van der Waals surface area contributed by atoms with Gasteiger partial charge in [0.2, 0.25) is 0 Å². The summed E-state index contributed by atoms with van der Waals surface area (Å²) < 4.78 is 42.8. The average Bonchev–Trinajstić information content (AvgIpc) is 2.70. The van der Waals surface area contributed by atoms with Crippen LogP contribution in [-0.4, -0.2) is 37.4 Å². The Kier molecular flexibility index (Phi) is 5.41. The van der Waals surface area contributed by atoms with Gasteiger partial charge < -0.3 is 10.0 Å². The summed E-state index contributed by atoms with van der Waals surface area (Å²) in [6.07, 6.45) is 0.897. The molecule has 1 heterocycles. The van der Waals surface area contributed by atoms with E-state index in [0.717, 1.165) is 18.1 Å². The van der Waals surface area contributed by atoms with Crippen molar-refractivity contribution in [2.45, 2.75) is 18.2 Å². The maximum atomic E-state index is 14.7. The van der Waals surface area contributed by atoms with Crippen molar-refractivity contribution in [3.63, 3.8) is 0 Å². The summed E-state index contributed by atoms with van der Waals surface area (Å²) in [4.78, 5) is 13.6. The number of hydrogen-bond donors (Lipinski definition) is 2. The van der Waals surface area contributed by atoms with E-state index >= 15 is 0 Å². The molecule has 0 aliphatic carbocycles. The van der Waals surface area contributed by atoms with Crippen LogP contribution in [0, 0.1) is 12.7 Å². The molecule has 0 spiro atoms. The van der Waals surface area contributed by atoms with Gasteiger partial charge in [-0.2, -0.15) is 0 Å². The molecule has 0 unspecified atom stereocenters. The fourth-order valence-corrected chi connectivity index (χ4v) is 4.65. The number of nitrogens with one attached hydrogen (secondary N) is 1. The van der Waals surface area contributed by atoms with E-state index in [-0.39, 0.29) is 22.7 Å². The normalized spacial score (nSPS) is 13.5. The molecule has 0 aromatic heterocycles. The van der Waals surface area contributed by atoms with Gasteiger partial charge in [-0.25, -0.2) is 12.8 Å².